The first kappa shape index (κ1) is 28.7. The Kier molecular flexibility index (Phi) is 9.89. The van der Waals surface area contributed by atoms with Gasteiger partial charge in [0.25, 0.3) is 5.56 Å². The van der Waals surface area contributed by atoms with E-state index in [9.17, 15) is 29.1 Å². The van der Waals surface area contributed by atoms with Gasteiger partial charge in [0.05, 0.1) is 10.9 Å². The summed E-state index contributed by atoms with van der Waals surface area (Å²) in [6, 6.07) is 12.0. The summed E-state index contributed by atoms with van der Waals surface area (Å²) in [6.45, 7) is 3.34. The first-order valence-corrected chi connectivity index (χ1v) is 13.6. The molecule has 0 fully saturated rings. The fourth-order valence-electron chi connectivity index (χ4n) is 4.14. The van der Waals surface area contributed by atoms with Crippen LogP contribution >= 0.6 is 11.8 Å². The van der Waals surface area contributed by atoms with Gasteiger partial charge < -0.3 is 20.7 Å². The number of H-pyrrole nitrogens is 1. The molecule has 11 heteroatoms. The summed E-state index contributed by atoms with van der Waals surface area (Å²) in [6.07, 6.45) is 2.09. The standard InChI is InChI=1S/C27H32N4O6S/c1-16(2)22(26(35)36)30-23(32)20(13-14-38-3)28-24(33)21(15-17-9-5-4-6-10-17)31-25(34)18-11-7-8-12-19(18)29-27(31)37/h4-12,16,20-22H,13-15H2,1-3H3,(H,28,33)(H,29,37)(H,30,32)(H,35,36)/t20-,21-,22-/m0/s1. The minimum atomic E-state index is -1.26. The number of para-hydroxylation sites is 1. The van der Waals surface area contributed by atoms with Crippen molar-refractivity contribution in [2.45, 2.75) is 44.8 Å². The van der Waals surface area contributed by atoms with Crippen LogP contribution in [0.3, 0.4) is 0 Å². The summed E-state index contributed by atoms with van der Waals surface area (Å²) < 4.78 is 0.877. The third-order valence-electron chi connectivity index (χ3n) is 6.20. The Morgan fingerprint density at radius 1 is 0.974 bits per heavy atom. The second-order valence-corrected chi connectivity index (χ2v) is 10.3. The summed E-state index contributed by atoms with van der Waals surface area (Å²) in [4.78, 5) is 67.5. The number of nitrogens with zero attached hydrogens (tertiary/aromatic N) is 1. The fraction of sp³-hybridized carbons (Fsp3) is 0.370. The fourth-order valence-corrected chi connectivity index (χ4v) is 4.61. The first-order valence-electron chi connectivity index (χ1n) is 12.2. The third kappa shape index (κ3) is 6.91. The highest BCUT2D eigenvalue weighted by atomic mass is 32.2. The number of carbonyl (C=O) groups is 3. The Hall–Kier alpha value is -3.86. The second kappa shape index (κ2) is 13.1. The molecular weight excluding hydrogens is 508 g/mol. The molecule has 3 atom stereocenters. The minimum absolute atomic E-state index is 0.0224. The number of thioether (sulfide) groups is 1. The topological polar surface area (TPSA) is 150 Å². The summed E-state index contributed by atoms with van der Waals surface area (Å²) in [5.41, 5.74) is -0.317. The van der Waals surface area contributed by atoms with Gasteiger partial charge >= 0.3 is 11.7 Å². The number of carbonyl (C=O) groups excluding carboxylic acids is 2. The van der Waals surface area contributed by atoms with Crippen LogP contribution in [0, 0.1) is 5.92 Å². The molecule has 38 heavy (non-hydrogen) atoms. The zero-order valence-electron chi connectivity index (χ0n) is 21.5. The number of aromatic amines is 1. The van der Waals surface area contributed by atoms with E-state index in [-0.39, 0.29) is 24.1 Å². The molecule has 0 aliphatic rings. The molecule has 0 aliphatic carbocycles. The zero-order chi connectivity index (χ0) is 27.8. The third-order valence-corrected chi connectivity index (χ3v) is 6.84. The lowest BCUT2D eigenvalue weighted by atomic mass is 10.0. The minimum Gasteiger partial charge on any atom is -0.480 e. The van der Waals surface area contributed by atoms with Crippen molar-refractivity contribution < 1.29 is 19.5 Å². The molecular formula is C27H32N4O6S. The van der Waals surface area contributed by atoms with Crippen molar-refractivity contribution in [2.75, 3.05) is 12.0 Å². The van der Waals surface area contributed by atoms with E-state index < -0.39 is 47.2 Å². The molecule has 10 nitrogen and oxygen atoms in total. The second-order valence-electron chi connectivity index (χ2n) is 9.27. The molecule has 0 aliphatic heterocycles. The lowest BCUT2D eigenvalue weighted by molar-refractivity contribution is -0.143. The highest BCUT2D eigenvalue weighted by Crippen LogP contribution is 2.15. The number of aromatic nitrogens is 2. The molecule has 202 valence electrons. The Bertz CT molecular complexity index is 1400. The molecule has 4 N–H and O–H groups in total. The SMILES string of the molecule is CSCC[C@H](NC(=O)[C@H](Cc1ccccc1)n1c(=O)[nH]c2ccccc2c1=O)C(=O)N[C@H](C(=O)O)C(C)C. The van der Waals surface area contributed by atoms with Gasteiger partial charge in [0, 0.05) is 6.42 Å². The largest absolute Gasteiger partial charge is 0.480 e. The van der Waals surface area contributed by atoms with Crippen molar-refractivity contribution in [3.8, 4) is 0 Å². The quantitative estimate of drug-likeness (QED) is 0.274. The molecule has 1 aromatic heterocycles. The normalized spacial score (nSPS) is 13.6. The van der Waals surface area contributed by atoms with Crippen LogP contribution in [0.4, 0.5) is 0 Å². The van der Waals surface area contributed by atoms with Gasteiger partial charge in [-0.2, -0.15) is 11.8 Å². The maximum Gasteiger partial charge on any atom is 0.329 e. The summed E-state index contributed by atoms with van der Waals surface area (Å²) in [5, 5.41) is 14.9. The molecule has 2 amide bonds. The maximum absolute atomic E-state index is 13.7. The smallest absolute Gasteiger partial charge is 0.329 e. The van der Waals surface area contributed by atoms with Crippen LogP contribution in [0.1, 0.15) is 31.9 Å². The number of hydrogen-bond acceptors (Lipinski definition) is 6. The van der Waals surface area contributed by atoms with Crippen LogP contribution in [0.2, 0.25) is 0 Å². The highest BCUT2D eigenvalue weighted by molar-refractivity contribution is 7.98. The number of carboxylic acid groups (broad SMARTS) is 1. The number of amides is 2. The highest BCUT2D eigenvalue weighted by Gasteiger charge is 2.32. The van der Waals surface area contributed by atoms with Crippen LogP contribution in [-0.4, -0.2) is 56.5 Å². The molecule has 0 spiro atoms. The molecule has 2 aromatic carbocycles. The Morgan fingerprint density at radius 3 is 2.26 bits per heavy atom. The average molecular weight is 541 g/mol. The van der Waals surface area contributed by atoms with Gasteiger partial charge in [0.2, 0.25) is 11.8 Å². The van der Waals surface area contributed by atoms with Crippen LogP contribution < -0.4 is 21.9 Å². The Morgan fingerprint density at radius 2 is 1.63 bits per heavy atom. The monoisotopic (exact) mass is 540 g/mol. The molecule has 0 saturated heterocycles. The van der Waals surface area contributed by atoms with Gasteiger partial charge in [-0.3, -0.25) is 14.4 Å². The van der Waals surface area contributed by atoms with E-state index in [1.807, 2.05) is 12.3 Å². The number of rotatable bonds is 12. The van der Waals surface area contributed by atoms with E-state index in [2.05, 4.69) is 15.6 Å². The van der Waals surface area contributed by atoms with E-state index in [1.165, 1.54) is 11.8 Å². The van der Waals surface area contributed by atoms with E-state index in [4.69, 9.17) is 0 Å². The van der Waals surface area contributed by atoms with Crippen LogP contribution in [0.25, 0.3) is 10.9 Å². The van der Waals surface area contributed by atoms with E-state index >= 15 is 0 Å². The van der Waals surface area contributed by atoms with Gasteiger partial charge in [0.1, 0.15) is 18.1 Å². The van der Waals surface area contributed by atoms with Gasteiger partial charge in [-0.25, -0.2) is 14.2 Å². The number of benzene rings is 2. The van der Waals surface area contributed by atoms with Crippen molar-refractivity contribution in [3.63, 3.8) is 0 Å². The van der Waals surface area contributed by atoms with Gasteiger partial charge in [-0.1, -0.05) is 56.3 Å². The average Bonchev–Trinajstić information content (AvgIpc) is 2.89. The molecule has 1 heterocycles. The van der Waals surface area contributed by atoms with E-state index in [0.29, 0.717) is 16.8 Å². The molecule has 0 bridgehead atoms. The lowest BCUT2D eigenvalue weighted by Crippen LogP contribution is -2.55. The maximum atomic E-state index is 13.7. The van der Waals surface area contributed by atoms with E-state index in [1.54, 1.807) is 62.4 Å². The molecule has 0 unspecified atom stereocenters. The number of aliphatic carboxylic acids is 1. The molecule has 0 saturated carbocycles. The van der Waals surface area contributed by atoms with E-state index in [0.717, 1.165) is 4.57 Å². The van der Waals surface area contributed by atoms with Crippen molar-refractivity contribution in [1.82, 2.24) is 20.2 Å². The molecule has 0 radical (unpaired) electrons. The Labute approximate surface area is 223 Å². The molecule has 3 aromatic rings. The van der Waals surface area contributed by atoms with Crippen LogP contribution in [-0.2, 0) is 20.8 Å². The van der Waals surface area contributed by atoms with Crippen LogP contribution in [0.15, 0.2) is 64.2 Å². The van der Waals surface area contributed by atoms with Gasteiger partial charge in [-0.05, 0) is 42.0 Å². The number of fused-ring (bicyclic) bond motifs is 1. The van der Waals surface area contributed by atoms with Gasteiger partial charge in [0.15, 0.2) is 0 Å². The first-order chi connectivity index (χ1) is 18.1. The van der Waals surface area contributed by atoms with Crippen molar-refractivity contribution in [1.29, 1.82) is 0 Å². The zero-order valence-corrected chi connectivity index (χ0v) is 22.3. The summed E-state index contributed by atoms with van der Waals surface area (Å²) in [7, 11) is 0. The summed E-state index contributed by atoms with van der Waals surface area (Å²) in [5.74, 6) is -2.40. The number of carboxylic acids is 1. The molecule has 3 rings (SSSR count). The number of nitrogens with one attached hydrogen (secondary N) is 3. The predicted octanol–water partition coefficient (Wildman–Crippen LogP) is 1.94. The lowest BCUT2D eigenvalue weighted by Gasteiger charge is -2.25. The van der Waals surface area contributed by atoms with Crippen molar-refractivity contribution in [2.24, 2.45) is 5.92 Å². The van der Waals surface area contributed by atoms with Crippen molar-refractivity contribution >= 4 is 40.4 Å². The Balaban J connectivity index is 2.01. The predicted molar refractivity (Wildman–Crippen MR) is 147 cm³/mol. The van der Waals surface area contributed by atoms with Crippen molar-refractivity contribution in [3.05, 3.63) is 81.0 Å². The number of hydrogen-bond donors (Lipinski definition) is 4. The summed E-state index contributed by atoms with van der Waals surface area (Å²) >= 11 is 1.46. The van der Waals surface area contributed by atoms with Gasteiger partial charge in [-0.15, -0.1) is 0 Å². The van der Waals surface area contributed by atoms with Crippen LogP contribution in [0.5, 0.6) is 0 Å².